The van der Waals surface area contributed by atoms with Crippen LogP contribution in [-0.2, 0) is 6.54 Å². The summed E-state index contributed by atoms with van der Waals surface area (Å²) in [5.41, 5.74) is 2.63. The summed E-state index contributed by atoms with van der Waals surface area (Å²) in [6.07, 6.45) is 8.68. The van der Waals surface area contributed by atoms with Gasteiger partial charge in [-0.25, -0.2) is 0 Å². The summed E-state index contributed by atoms with van der Waals surface area (Å²) in [6.45, 7) is 5.48. The summed E-state index contributed by atoms with van der Waals surface area (Å²) < 4.78 is 0. The lowest BCUT2D eigenvalue weighted by molar-refractivity contribution is 0.285. The second-order valence-electron chi connectivity index (χ2n) is 5.18. The van der Waals surface area contributed by atoms with Crippen LogP contribution in [0.5, 0.6) is 0 Å². The lowest BCUT2D eigenvalue weighted by atomic mass is 10.2. The first-order valence-corrected chi connectivity index (χ1v) is 7.18. The van der Waals surface area contributed by atoms with Crippen LogP contribution in [0.15, 0.2) is 49.1 Å². The molecule has 0 radical (unpaired) electrons. The summed E-state index contributed by atoms with van der Waals surface area (Å²) >= 11 is 0. The molecule has 0 spiro atoms. The fraction of sp³-hybridized carbons (Fsp3) is 0.375. The van der Waals surface area contributed by atoms with Crippen LogP contribution in [0.25, 0.3) is 0 Å². The third-order valence-electron chi connectivity index (χ3n) is 3.77. The maximum Gasteiger partial charge on any atom is 0.0397 e. The number of hydrogen-bond donors (Lipinski definition) is 0. The van der Waals surface area contributed by atoms with E-state index < -0.39 is 0 Å². The van der Waals surface area contributed by atoms with Crippen molar-refractivity contribution < 1.29 is 0 Å². The van der Waals surface area contributed by atoms with E-state index in [1.807, 2.05) is 24.8 Å². The van der Waals surface area contributed by atoms with Crippen molar-refractivity contribution in [1.82, 2.24) is 14.9 Å². The van der Waals surface area contributed by atoms with Gasteiger partial charge in [0.15, 0.2) is 0 Å². The molecular formula is C16H20N4. The summed E-state index contributed by atoms with van der Waals surface area (Å²) in [4.78, 5) is 13.1. The van der Waals surface area contributed by atoms with Gasteiger partial charge in [-0.3, -0.25) is 14.9 Å². The normalized spacial score (nSPS) is 16.9. The predicted octanol–water partition coefficient (Wildman–Crippen LogP) is 2.19. The standard InChI is InChI=1S/C16H20N4/c1-10-19(14-15-2-6-17-7-3-15)12-13-20(11-1)16-4-8-18-9-5-16/h2-9H,1,10-14H2. The van der Waals surface area contributed by atoms with Crippen LogP contribution in [-0.4, -0.2) is 41.0 Å². The van der Waals surface area contributed by atoms with Gasteiger partial charge in [-0.1, -0.05) is 0 Å². The van der Waals surface area contributed by atoms with E-state index in [1.165, 1.54) is 17.7 Å². The average molecular weight is 268 g/mol. The molecule has 104 valence electrons. The van der Waals surface area contributed by atoms with Gasteiger partial charge in [-0.2, -0.15) is 0 Å². The third kappa shape index (κ3) is 3.33. The Morgan fingerprint density at radius 3 is 2.25 bits per heavy atom. The molecule has 4 nitrogen and oxygen atoms in total. The van der Waals surface area contributed by atoms with Gasteiger partial charge in [-0.15, -0.1) is 0 Å². The second kappa shape index (κ2) is 6.48. The molecule has 0 bridgehead atoms. The van der Waals surface area contributed by atoms with Crippen molar-refractivity contribution in [3.8, 4) is 0 Å². The Balaban J connectivity index is 1.60. The largest absolute Gasteiger partial charge is 0.370 e. The summed E-state index contributed by atoms with van der Waals surface area (Å²) in [7, 11) is 0. The topological polar surface area (TPSA) is 32.3 Å². The molecule has 0 saturated carbocycles. The van der Waals surface area contributed by atoms with Gasteiger partial charge in [0, 0.05) is 63.2 Å². The molecule has 1 saturated heterocycles. The maximum atomic E-state index is 4.09. The van der Waals surface area contributed by atoms with Crippen molar-refractivity contribution >= 4 is 5.69 Å². The van der Waals surface area contributed by atoms with Crippen LogP contribution in [0.3, 0.4) is 0 Å². The molecule has 0 aliphatic carbocycles. The number of aromatic nitrogens is 2. The van der Waals surface area contributed by atoms with Crippen LogP contribution in [0.1, 0.15) is 12.0 Å². The van der Waals surface area contributed by atoms with Crippen LogP contribution in [0.4, 0.5) is 5.69 Å². The fourth-order valence-electron chi connectivity index (χ4n) is 2.69. The molecule has 4 heteroatoms. The van der Waals surface area contributed by atoms with E-state index >= 15 is 0 Å². The number of pyridine rings is 2. The first-order chi connectivity index (χ1) is 9.92. The molecule has 0 N–H and O–H groups in total. The van der Waals surface area contributed by atoms with Gasteiger partial charge in [0.2, 0.25) is 0 Å². The molecule has 2 aromatic rings. The number of rotatable bonds is 3. The molecule has 3 rings (SSSR count). The van der Waals surface area contributed by atoms with Crippen molar-refractivity contribution in [2.75, 3.05) is 31.1 Å². The van der Waals surface area contributed by atoms with Gasteiger partial charge in [0.1, 0.15) is 0 Å². The Morgan fingerprint density at radius 2 is 1.50 bits per heavy atom. The van der Waals surface area contributed by atoms with E-state index in [0.29, 0.717) is 0 Å². The van der Waals surface area contributed by atoms with Gasteiger partial charge < -0.3 is 4.90 Å². The highest BCUT2D eigenvalue weighted by Gasteiger charge is 2.15. The Kier molecular flexibility index (Phi) is 4.23. The zero-order chi connectivity index (χ0) is 13.6. The highest BCUT2D eigenvalue weighted by atomic mass is 15.2. The van der Waals surface area contributed by atoms with Crippen LogP contribution in [0, 0.1) is 0 Å². The zero-order valence-electron chi connectivity index (χ0n) is 11.7. The first-order valence-electron chi connectivity index (χ1n) is 7.18. The van der Waals surface area contributed by atoms with E-state index in [9.17, 15) is 0 Å². The van der Waals surface area contributed by atoms with E-state index in [-0.39, 0.29) is 0 Å². The van der Waals surface area contributed by atoms with Crippen LogP contribution < -0.4 is 4.90 Å². The monoisotopic (exact) mass is 268 g/mol. The molecule has 0 amide bonds. The Morgan fingerprint density at radius 1 is 0.800 bits per heavy atom. The SMILES string of the molecule is c1cc(CN2CCCN(c3ccncc3)CC2)ccn1. The smallest absolute Gasteiger partial charge is 0.0397 e. The van der Waals surface area contributed by atoms with Gasteiger partial charge in [0.25, 0.3) is 0 Å². The van der Waals surface area contributed by atoms with Gasteiger partial charge in [0.05, 0.1) is 0 Å². The van der Waals surface area contributed by atoms with Crippen molar-refractivity contribution in [2.24, 2.45) is 0 Å². The average Bonchev–Trinajstić information content (AvgIpc) is 2.75. The zero-order valence-corrected chi connectivity index (χ0v) is 11.7. The van der Waals surface area contributed by atoms with Gasteiger partial charge >= 0.3 is 0 Å². The highest BCUT2D eigenvalue weighted by Crippen LogP contribution is 2.16. The molecule has 20 heavy (non-hydrogen) atoms. The summed E-state index contributed by atoms with van der Waals surface area (Å²) in [5, 5.41) is 0. The molecule has 3 heterocycles. The lowest BCUT2D eigenvalue weighted by Crippen LogP contribution is -2.30. The summed E-state index contributed by atoms with van der Waals surface area (Å²) in [6, 6.07) is 8.40. The predicted molar refractivity (Wildman–Crippen MR) is 80.6 cm³/mol. The minimum Gasteiger partial charge on any atom is -0.370 e. The van der Waals surface area contributed by atoms with Gasteiger partial charge in [-0.05, 0) is 36.2 Å². The summed E-state index contributed by atoms with van der Waals surface area (Å²) in [5.74, 6) is 0. The van der Waals surface area contributed by atoms with E-state index in [1.54, 1.807) is 0 Å². The number of nitrogens with zero attached hydrogens (tertiary/aromatic N) is 4. The number of anilines is 1. The van der Waals surface area contributed by atoms with Crippen molar-refractivity contribution in [2.45, 2.75) is 13.0 Å². The quantitative estimate of drug-likeness (QED) is 0.854. The third-order valence-corrected chi connectivity index (χ3v) is 3.77. The Labute approximate surface area is 120 Å². The molecule has 2 aromatic heterocycles. The van der Waals surface area contributed by atoms with Crippen molar-refractivity contribution in [3.05, 3.63) is 54.6 Å². The molecular weight excluding hydrogens is 248 g/mol. The lowest BCUT2D eigenvalue weighted by Gasteiger charge is -2.23. The second-order valence-corrected chi connectivity index (χ2v) is 5.18. The molecule has 1 fully saturated rings. The molecule has 0 aromatic carbocycles. The number of hydrogen-bond acceptors (Lipinski definition) is 4. The highest BCUT2D eigenvalue weighted by molar-refractivity contribution is 5.44. The molecule has 1 aliphatic rings. The van der Waals surface area contributed by atoms with E-state index in [2.05, 4.69) is 44.0 Å². The van der Waals surface area contributed by atoms with E-state index in [0.717, 1.165) is 32.7 Å². The van der Waals surface area contributed by atoms with Crippen LogP contribution >= 0.6 is 0 Å². The minimum absolute atomic E-state index is 1.02. The Hall–Kier alpha value is -1.94. The minimum atomic E-state index is 1.02. The van der Waals surface area contributed by atoms with Crippen molar-refractivity contribution in [3.63, 3.8) is 0 Å². The Bertz CT molecular complexity index is 515. The van der Waals surface area contributed by atoms with E-state index in [4.69, 9.17) is 0 Å². The maximum absolute atomic E-state index is 4.09. The fourth-order valence-corrected chi connectivity index (χ4v) is 2.69. The first kappa shape index (κ1) is 13.1. The molecule has 0 atom stereocenters. The molecule has 0 unspecified atom stereocenters. The molecule has 1 aliphatic heterocycles. The van der Waals surface area contributed by atoms with Crippen LogP contribution in [0.2, 0.25) is 0 Å². The van der Waals surface area contributed by atoms with Crippen molar-refractivity contribution in [1.29, 1.82) is 0 Å².